The highest BCUT2D eigenvalue weighted by Gasteiger charge is 2.36. The highest BCUT2D eigenvalue weighted by atomic mass is 16.4. The van der Waals surface area contributed by atoms with Crippen LogP contribution in [0.5, 0.6) is 0 Å². The first-order valence-electron chi connectivity index (χ1n) is 7.82. The van der Waals surface area contributed by atoms with Crippen LogP contribution in [0.3, 0.4) is 0 Å². The molecule has 6 nitrogen and oxygen atoms in total. The number of benzene rings is 2. The minimum absolute atomic E-state index is 0.0440. The molecule has 1 aliphatic rings. The van der Waals surface area contributed by atoms with Crippen LogP contribution in [-0.2, 0) is 4.79 Å². The average molecular weight is 334 g/mol. The molecule has 0 saturated carbocycles. The van der Waals surface area contributed by atoms with E-state index in [1.54, 1.807) is 54.6 Å². The Bertz CT molecular complexity index is 1070. The van der Waals surface area contributed by atoms with Gasteiger partial charge in [-0.3, -0.25) is 14.4 Å². The lowest BCUT2D eigenvalue weighted by molar-refractivity contribution is -0.138. The first-order chi connectivity index (χ1) is 12.1. The van der Waals surface area contributed by atoms with E-state index in [-0.39, 0.29) is 17.8 Å². The van der Waals surface area contributed by atoms with Gasteiger partial charge in [-0.1, -0.05) is 36.4 Å². The molecule has 0 radical (unpaired) electrons. The van der Waals surface area contributed by atoms with Gasteiger partial charge in [0.15, 0.2) is 0 Å². The van der Waals surface area contributed by atoms with E-state index >= 15 is 0 Å². The van der Waals surface area contributed by atoms with Gasteiger partial charge in [-0.2, -0.15) is 0 Å². The van der Waals surface area contributed by atoms with Crippen molar-refractivity contribution in [2.45, 2.75) is 5.92 Å². The number of carbonyl (C=O) groups is 2. The quantitative estimate of drug-likeness (QED) is 0.753. The number of carboxylic acid groups (broad SMARTS) is 1. The molecule has 4 rings (SSSR count). The van der Waals surface area contributed by atoms with Crippen molar-refractivity contribution < 1.29 is 14.7 Å². The summed E-state index contributed by atoms with van der Waals surface area (Å²) in [7, 11) is 0. The zero-order chi connectivity index (χ0) is 17.6. The Hall–Kier alpha value is -3.41. The standard InChI is InChI=1S/C19H14N2O4/c22-17-12-6-2-1-5-11(12)9-15(20-17)18(23)21-10-14(19(24)25)13-7-3-4-8-16(13)21/h1-9,14H,10H2,(H,20,22)(H,24,25)/t14-/m0/s1. The molecular weight excluding hydrogens is 320 g/mol. The first kappa shape index (κ1) is 15.1. The van der Waals surface area contributed by atoms with E-state index in [1.165, 1.54) is 4.90 Å². The number of aromatic amines is 1. The van der Waals surface area contributed by atoms with Gasteiger partial charge in [0.05, 0.1) is 0 Å². The van der Waals surface area contributed by atoms with Crippen molar-refractivity contribution in [1.29, 1.82) is 0 Å². The number of aromatic nitrogens is 1. The number of para-hydroxylation sites is 1. The molecule has 1 atom stereocenters. The molecule has 0 bridgehead atoms. The fourth-order valence-electron chi connectivity index (χ4n) is 3.28. The number of anilines is 1. The number of amides is 1. The second kappa shape index (κ2) is 5.59. The van der Waals surface area contributed by atoms with E-state index < -0.39 is 17.8 Å². The number of carboxylic acids is 1. The second-order valence-electron chi connectivity index (χ2n) is 5.96. The van der Waals surface area contributed by atoms with Crippen LogP contribution >= 0.6 is 0 Å². The number of nitrogens with zero attached hydrogens (tertiary/aromatic N) is 1. The third-order valence-electron chi connectivity index (χ3n) is 4.50. The molecule has 6 heteroatoms. The van der Waals surface area contributed by atoms with Crippen LogP contribution in [0, 0.1) is 0 Å². The molecule has 0 spiro atoms. The fraction of sp³-hybridized carbons (Fsp3) is 0.105. The van der Waals surface area contributed by atoms with Crippen molar-refractivity contribution in [3.8, 4) is 0 Å². The van der Waals surface area contributed by atoms with Gasteiger partial charge in [0.1, 0.15) is 11.6 Å². The molecule has 2 N–H and O–H groups in total. The topological polar surface area (TPSA) is 90.5 Å². The van der Waals surface area contributed by atoms with Gasteiger partial charge in [-0.15, -0.1) is 0 Å². The van der Waals surface area contributed by atoms with E-state index in [0.29, 0.717) is 22.0 Å². The number of fused-ring (bicyclic) bond motifs is 2. The number of aliphatic carboxylic acids is 1. The van der Waals surface area contributed by atoms with Crippen LogP contribution in [-0.4, -0.2) is 28.5 Å². The normalized spacial score (nSPS) is 16.0. The summed E-state index contributed by atoms with van der Waals surface area (Å²) in [6, 6.07) is 15.6. The Labute approximate surface area is 142 Å². The van der Waals surface area contributed by atoms with Gasteiger partial charge < -0.3 is 15.0 Å². The summed E-state index contributed by atoms with van der Waals surface area (Å²) < 4.78 is 0. The third-order valence-corrected chi connectivity index (χ3v) is 4.50. The monoisotopic (exact) mass is 334 g/mol. The summed E-state index contributed by atoms with van der Waals surface area (Å²) in [6.45, 7) is 0.0440. The lowest BCUT2D eigenvalue weighted by atomic mass is 10.0. The van der Waals surface area contributed by atoms with Crippen molar-refractivity contribution in [1.82, 2.24) is 4.98 Å². The molecule has 0 fully saturated rings. The lowest BCUT2D eigenvalue weighted by Crippen LogP contribution is -2.32. The van der Waals surface area contributed by atoms with Crippen molar-refractivity contribution >= 4 is 28.3 Å². The Morgan fingerprint density at radius 1 is 1.08 bits per heavy atom. The maximum Gasteiger partial charge on any atom is 0.312 e. The highest BCUT2D eigenvalue weighted by Crippen LogP contribution is 2.36. The number of nitrogens with one attached hydrogen (secondary N) is 1. The molecule has 2 aromatic carbocycles. The summed E-state index contributed by atoms with van der Waals surface area (Å²) in [4.78, 5) is 40.7. The summed E-state index contributed by atoms with van der Waals surface area (Å²) in [5, 5.41) is 10.6. The van der Waals surface area contributed by atoms with Gasteiger partial charge >= 0.3 is 5.97 Å². The molecule has 0 unspecified atom stereocenters. The Morgan fingerprint density at radius 3 is 2.60 bits per heavy atom. The Kier molecular flexibility index (Phi) is 3.39. The summed E-state index contributed by atoms with van der Waals surface area (Å²) in [6.07, 6.45) is 0. The Balaban J connectivity index is 1.80. The predicted molar refractivity (Wildman–Crippen MR) is 93.1 cm³/mol. The van der Waals surface area contributed by atoms with E-state index in [2.05, 4.69) is 4.98 Å². The number of rotatable bonds is 2. The molecule has 2 heterocycles. The van der Waals surface area contributed by atoms with Gasteiger partial charge in [-0.05, 0) is 29.1 Å². The van der Waals surface area contributed by atoms with Gasteiger partial charge in [0.25, 0.3) is 11.5 Å². The zero-order valence-electron chi connectivity index (χ0n) is 13.1. The van der Waals surface area contributed by atoms with Gasteiger partial charge in [0.2, 0.25) is 0 Å². The lowest BCUT2D eigenvalue weighted by Gasteiger charge is -2.17. The van der Waals surface area contributed by atoms with Gasteiger partial charge in [0, 0.05) is 17.6 Å². The number of carbonyl (C=O) groups excluding carboxylic acids is 1. The van der Waals surface area contributed by atoms with E-state index in [1.807, 2.05) is 0 Å². The second-order valence-corrected chi connectivity index (χ2v) is 5.96. The number of pyridine rings is 1. The van der Waals surface area contributed by atoms with Crippen LogP contribution in [0.1, 0.15) is 22.0 Å². The number of H-pyrrole nitrogens is 1. The van der Waals surface area contributed by atoms with Crippen molar-refractivity contribution in [3.63, 3.8) is 0 Å². The molecule has 1 amide bonds. The first-order valence-corrected chi connectivity index (χ1v) is 7.82. The Morgan fingerprint density at radius 2 is 1.80 bits per heavy atom. The SMILES string of the molecule is O=C(O)[C@H]1CN(C(=O)c2cc3ccccc3c(=O)[nH]2)c2ccccc21. The van der Waals surface area contributed by atoms with Crippen molar-refractivity contribution in [2.75, 3.05) is 11.4 Å². The smallest absolute Gasteiger partial charge is 0.312 e. The maximum atomic E-state index is 12.9. The molecule has 124 valence electrons. The highest BCUT2D eigenvalue weighted by molar-refractivity contribution is 6.09. The van der Waals surface area contributed by atoms with Crippen LogP contribution < -0.4 is 10.5 Å². The van der Waals surface area contributed by atoms with Crippen LogP contribution in [0.15, 0.2) is 59.4 Å². The molecule has 3 aromatic rings. The summed E-state index contributed by atoms with van der Waals surface area (Å²) in [5.41, 5.74) is 0.966. The third kappa shape index (κ3) is 2.39. The molecule has 25 heavy (non-hydrogen) atoms. The van der Waals surface area contributed by atoms with Crippen molar-refractivity contribution in [3.05, 3.63) is 76.2 Å². The van der Waals surface area contributed by atoms with Crippen LogP contribution in [0.25, 0.3) is 10.8 Å². The molecule has 1 aromatic heterocycles. The average Bonchev–Trinajstić information content (AvgIpc) is 3.01. The van der Waals surface area contributed by atoms with E-state index in [4.69, 9.17) is 0 Å². The fourth-order valence-corrected chi connectivity index (χ4v) is 3.28. The largest absolute Gasteiger partial charge is 0.481 e. The maximum absolute atomic E-state index is 12.9. The molecule has 0 saturated heterocycles. The zero-order valence-corrected chi connectivity index (χ0v) is 13.1. The molecule has 0 aliphatic carbocycles. The summed E-state index contributed by atoms with van der Waals surface area (Å²) >= 11 is 0. The molecule has 1 aliphatic heterocycles. The van der Waals surface area contributed by atoms with Crippen molar-refractivity contribution in [2.24, 2.45) is 0 Å². The van der Waals surface area contributed by atoms with Crippen LogP contribution in [0.4, 0.5) is 5.69 Å². The predicted octanol–water partition coefficient (Wildman–Crippen LogP) is 2.36. The minimum Gasteiger partial charge on any atom is -0.481 e. The number of hydrogen-bond donors (Lipinski definition) is 2. The number of hydrogen-bond acceptors (Lipinski definition) is 3. The van der Waals surface area contributed by atoms with Gasteiger partial charge in [-0.25, -0.2) is 0 Å². The van der Waals surface area contributed by atoms with E-state index in [9.17, 15) is 19.5 Å². The summed E-state index contributed by atoms with van der Waals surface area (Å²) in [5.74, 6) is -2.17. The van der Waals surface area contributed by atoms with Crippen LogP contribution in [0.2, 0.25) is 0 Å². The molecular formula is C19H14N2O4. The minimum atomic E-state index is -0.977. The van der Waals surface area contributed by atoms with E-state index in [0.717, 1.165) is 0 Å².